The molecule has 2 aliphatic heterocycles. The summed E-state index contributed by atoms with van der Waals surface area (Å²) in [6.45, 7) is 2.96. The van der Waals surface area contributed by atoms with Crippen molar-refractivity contribution in [2.24, 2.45) is 5.92 Å². The number of piperidine rings is 1. The lowest BCUT2D eigenvalue weighted by molar-refractivity contribution is -0.136. The first-order chi connectivity index (χ1) is 11.6. The molecule has 2 fully saturated rings. The molecule has 2 saturated heterocycles. The monoisotopic (exact) mass is 332 g/mol. The van der Waals surface area contributed by atoms with Gasteiger partial charge in [-0.3, -0.25) is 9.59 Å². The second-order valence-electron chi connectivity index (χ2n) is 6.84. The summed E-state index contributed by atoms with van der Waals surface area (Å²) in [7, 11) is 0. The van der Waals surface area contributed by atoms with Gasteiger partial charge in [-0.2, -0.15) is 0 Å². The summed E-state index contributed by atoms with van der Waals surface area (Å²) in [6, 6.07) is 6.27. The van der Waals surface area contributed by atoms with Gasteiger partial charge in [-0.1, -0.05) is 12.1 Å². The van der Waals surface area contributed by atoms with Crippen LogP contribution in [-0.4, -0.2) is 47.8 Å². The summed E-state index contributed by atoms with van der Waals surface area (Å²) in [5.41, 5.74) is 0.963. The molecule has 2 aliphatic rings. The van der Waals surface area contributed by atoms with Crippen LogP contribution in [0.4, 0.5) is 4.39 Å². The molecule has 2 amide bonds. The quantitative estimate of drug-likeness (QED) is 0.850. The zero-order chi connectivity index (χ0) is 16.9. The van der Waals surface area contributed by atoms with E-state index in [1.54, 1.807) is 12.1 Å². The Morgan fingerprint density at radius 1 is 1.00 bits per heavy atom. The highest BCUT2D eigenvalue weighted by atomic mass is 19.1. The molecule has 2 heterocycles. The molecule has 1 atom stereocenters. The Labute approximate surface area is 142 Å². The van der Waals surface area contributed by atoms with Crippen LogP contribution in [0.15, 0.2) is 24.3 Å². The van der Waals surface area contributed by atoms with Gasteiger partial charge in [0.15, 0.2) is 0 Å². The van der Waals surface area contributed by atoms with E-state index in [-0.39, 0.29) is 23.5 Å². The first-order valence-electron chi connectivity index (χ1n) is 8.94. The van der Waals surface area contributed by atoms with Crippen LogP contribution in [0.2, 0.25) is 0 Å². The van der Waals surface area contributed by atoms with Crippen LogP contribution in [-0.2, 0) is 16.0 Å². The number of hydrogen-bond donors (Lipinski definition) is 0. The first kappa shape index (κ1) is 16.9. The molecule has 4 nitrogen and oxygen atoms in total. The van der Waals surface area contributed by atoms with Gasteiger partial charge in [0.25, 0.3) is 0 Å². The van der Waals surface area contributed by atoms with Crippen LogP contribution in [0.5, 0.6) is 0 Å². The Morgan fingerprint density at radius 3 is 2.42 bits per heavy atom. The van der Waals surface area contributed by atoms with E-state index in [0.717, 1.165) is 37.9 Å². The molecular weight excluding hydrogens is 307 g/mol. The minimum absolute atomic E-state index is 0.0297. The molecule has 0 N–H and O–H groups in total. The van der Waals surface area contributed by atoms with Crippen molar-refractivity contribution < 1.29 is 14.0 Å². The molecule has 0 spiro atoms. The summed E-state index contributed by atoms with van der Waals surface area (Å²) >= 11 is 0. The fourth-order valence-electron chi connectivity index (χ4n) is 3.62. The fraction of sp³-hybridized carbons (Fsp3) is 0.579. The minimum atomic E-state index is -0.260. The normalized spacial score (nSPS) is 21.1. The van der Waals surface area contributed by atoms with Crippen LogP contribution in [0.1, 0.15) is 37.7 Å². The molecule has 0 aliphatic carbocycles. The molecule has 0 unspecified atom stereocenters. The zero-order valence-corrected chi connectivity index (χ0v) is 14.0. The Balaban J connectivity index is 1.46. The molecule has 3 rings (SSSR count). The number of halogens is 1. The van der Waals surface area contributed by atoms with Crippen molar-refractivity contribution >= 4 is 11.8 Å². The summed E-state index contributed by atoms with van der Waals surface area (Å²) < 4.78 is 12.9. The first-order valence-corrected chi connectivity index (χ1v) is 8.94. The molecule has 1 aromatic carbocycles. The molecule has 0 bridgehead atoms. The van der Waals surface area contributed by atoms with Crippen LogP contribution in [0.3, 0.4) is 0 Å². The summed E-state index contributed by atoms with van der Waals surface area (Å²) in [4.78, 5) is 28.7. The Kier molecular flexibility index (Phi) is 5.48. The average molecular weight is 332 g/mol. The van der Waals surface area contributed by atoms with Crippen LogP contribution >= 0.6 is 0 Å². The second kappa shape index (κ2) is 7.77. The number of carbonyl (C=O) groups is 2. The maximum atomic E-state index is 12.9. The summed E-state index contributed by atoms with van der Waals surface area (Å²) in [5.74, 6) is 0.0263. The van der Waals surface area contributed by atoms with Gasteiger partial charge in [-0.05, 0) is 49.8 Å². The van der Waals surface area contributed by atoms with Gasteiger partial charge in [0.1, 0.15) is 5.82 Å². The van der Waals surface area contributed by atoms with Crippen molar-refractivity contribution in [2.45, 2.75) is 38.5 Å². The van der Waals surface area contributed by atoms with E-state index in [2.05, 4.69) is 0 Å². The van der Waals surface area contributed by atoms with Crippen molar-refractivity contribution in [3.8, 4) is 0 Å². The molecular formula is C19H25FN2O2. The Bertz CT molecular complexity index is 582. The van der Waals surface area contributed by atoms with Crippen LogP contribution < -0.4 is 0 Å². The van der Waals surface area contributed by atoms with E-state index in [4.69, 9.17) is 0 Å². The highest BCUT2D eigenvalue weighted by Crippen LogP contribution is 2.22. The minimum Gasteiger partial charge on any atom is -0.342 e. The lowest BCUT2D eigenvalue weighted by Gasteiger charge is -2.29. The van der Waals surface area contributed by atoms with Crippen LogP contribution in [0.25, 0.3) is 0 Å². The number of carbonyl (C=O) groups excluding carboxylic acids is 2. The Morgan fingerprint density at radius 2 is 1.71 bits per heavy atom. The maximum absolute atomic E-state index is 12.9. The third-order valence-electron chi connectivity index (χ3n) is 5.10. The third kappa shape index (κ3) is 4.13. The van der Waals surface area contributed by atoms with Crippen molar-refractivity contribution in [1.82, 2.24) is 9.80 Å². The van der Waals surface area contributed by atoms with Crippen LogP contribution in [0, 0.1) is 11.7 Å². The maximum Gasteiger partial charge on any atom is 0.227 e. The van der Waals surface area contributed by atoms with E-state index < -0.39 is 0 Å². The topological polar surface area (TPSA) is 40.6 Å². The predicted octanol–water partition coefficient (Wildman–Crippen LogP) is 2.62. The Hall–Kier alpha value is -1.91. The largest absolute Gasteiger partial charge is 0.342 e. The van der Waals surface area contributed by atoms with Gasteiger partial charge in [0.2, 0.25) is 11.8 Å². The van der Waals surface area contributed by atoms with Gasteiger partial charge in [-0.25, -0.2) is 4.39 Å². The number of likely N-dealkylation sites (tertiary alicyclic amines) is 2. The number of nitrogens with zero attached hydrogens (tertiary/aromatic N) is 2. The number of rotatable bonds is 4. The SMILES string of the molecule is O=C(CCc1ccc(F)cc1)N1CC[C@@H](C(=O)N2CCCCC2)C1. The molecule has 1 aromatic rings. The third-order valence-corrected chi connectivity index (χ3v) is 5.10. The highest BCUT2D eigenvalue weighted by molar-refractivity contribution is 5.82. The molecule has 24 heavy (non-hydrogen) atoms. The lowest BCUT2D eigenvalue weighted by Crippen LogP contribution is -2.41. The van der Waals surface area contributed by atoms with Crippen molar-refractivity contribution in [2.75, 3.05) is 26.2 Å². The molecule has 0 radical (unpaired) electrons. The second-order valence-corrected chi connectivity index (χ2v) is 6.84. The van der Waals surface area contributed by atoms with Gasteiger partial charge < -0.3 is 9.80 Å². The van der Waals surface area contributed by atoms with Crippen molar-refractivity contribution in [3.63, 3.8) is 0 Å². The van der Waals surface area contributed by atoms with Gasteiger partial charge in [-0.15, -0.1) is 0 Å². The number of hydrogen-bond acceptors (Lipinski definition) is 2. The zero-order valence-electron chi connectivity index (χ0n) is 14.0. The van der Waals surface area contributed by atoms with Crippen molar-refractivity contribution in [3.05, 3.63) is 35.6 Å². The molecule has 130 valence electrons. The standard InChI is InChI=1S/C19H25FN2O2/c20-17-7-4-15(5-8-17)6-9-18(23)22-13-10-16(14-22)19(24)21-11-2-1-3-12-21/h4-5,7-8,16H,1-3,6,9-14H2/t16-/m1/s1. The molecule has 0 aromatic heterocycles. The predicted molar refractivity (Wildman–Crippen MR) is 89.8 cm³/mol. The van der Waals surface area contributed by atoms with E-state index >= 15 is 0 Å². The van der Waals surface area contributed by atoms with Gasteiger partial charge >= 0.3 is 0 Å². The molecule has 0 saturated carbocycles. The van der Waals surface area contributed by atoms with Gasteiger partial charge in [0.05, 0.1) is 5.92 Å². The molecule has 5 heteroatoms. The van der Waals surface area contributed by atoms with E-state index in [1.807, 2.05) is 9.80 Å². The fourth-order valence-corrected chi connectivity index (χ4v) is 3.62. The number of amides is 2. The lowest BCUT2D eigenvalue weighted by atomic mass is 10.0. The van der Waals surface area contributed by atoms with E-state index in [1.165, 1.54) is 18.6 Å². The number of benzene rings is 1. The average Bonchev–Trinajstić information content (AvgIpc) is 3.11. The van der Waals surface area contributed by atoms with E-state index in [0.29, 0.717) is 25.9 Å². The number of aryl methyl sites for hydroxylation is 1. The summed E-state index contributed by atoms with van der Waals surface area (Å²) in [5, 5.41) is 0. The smallest absolute Gasteiger partial charge is 0.227 e. The van der Waals surface area contributed by atoms with Crippen molar-refractivity contribution in [1.29, 1.82) is 0 Å². The van der Waals surface area contributed by atoms with E-state index in [9.17, 15) is 14.0 Å². The highest BCUT2D eigenvalue weighted by Gasteiger charge is 2.33. The summed E-state index contributed by atoms with van der Waals surface area (Å²) in [6.07, 6.45) is 5.20. The van der Waals surface area contributed by atoms with Gasteiger partial charge in [0, 0.05) is 32.6 Å².